The number of nitrogens with one attached hydrogen (secondary N) is 1. The molecule has 22 heavy (non-hydrogen) atoms. The first kappa shape index (κ1) is 16.1. The van der Waals surface area contributed by atoms with Crippen molar-refractivity contribution in [1.82, 2.24) is 0 Å². The number of anilines is 1. The van der Waals surface area contributed by atoms with Crippen LogP contribution in [0, 0.1) is 25.2 Å². The van der Waals surface area contributed by atoms with E-state index in [1.807, 2.05) is 32.0 Å². The van der Waals surface area contributed by atoms with Gasteiger partial charge in [-0.25, -0.2) is 0 Å². The van der Waals surface area contributed by atoms with Gasteiger partial charge in [0.2, 0.25) is 0 Å². The summed E-state index contributed by atoms with van der Waals surface area (Å²) in [6, 6.07) is 12.8. The molecule has 0 aliphatic carbocycles. The zero-order valence-electron chi connectivity index (χ0n) is 12.3. The first-order chi connectivity index (χ1) is 10.5. The van der Waals surface area contributed by atoms with Gasteiger partial charge >= 0.3 is 0 Å². The van der Waals surface area contributed by atoms with Crippen molar-refractivity contribution in [3.05, 3.63) is 57.6 Å². The van der Waals surface area contributed by atoms with E-state index >= 15 is 0 Å². The largest absolute Gasteiger partial charge is 0.483 e. The van der Waals surface area contributed by atoms with Crippen LogP contribution in [0.3, 0.4) is 0 Å². The van der Waals surface area contributed by atoms with Crippen molar-refractivity contribution in [2.45, 2.75) is 13.8 Å². The predicted octanol–water partition coefficient (Wildman–Crippen LogP) is 3.96. The van der Waals surface area contributed by atoms with Crippen LogP contribution in [-0.4, -0.2) is 12.5 Å². The predicted molar refractivity (Wildman–Crippen MR) is 88.9 cm³/mol. The number of nitrogens with zero attached hydrogens (tertiary/aromatic N) is 1. The van der Waals surface area contributed by atoms with Crippen molar-refractivity contribution in [3.8, 4) is 11.8 Å². The van der Waals surface area contributed by atoms with Crippen LogP contribution in [0.15, 0.2) is 40.9 Å². The van der Waals surface area contributed by atoms with Gasteiger partial charge in [0, 0.05) is 4.47 Å². The van der Waals surface area contributed by atoms with Crippen molar-refractivity contribution in [1.29, 1.82) is 5.26 Å². The standard InChI is InChI=1S/C17H15BrN2O2/c1-11-7-14(18)8-12(2)17(11)22-10-16(21)20-15-6-4-3-5-13(15)9-19/h3-8H,10H2,1-2H3,(H,20,21). The first-order valence-electron chi connectivity index (χ1n) is 6.70. The minimum atomic E-state index is -0.301. The van der Waals surface area contributed by atoms with Gasteiger partial charge in [-0.3, -0.25) is 4.79 Å². The zero-order valence-corrected chi connectivity index (χ0v) is 13.9. The number of amides is 1. The topological polar surface area (TPSA) is 62.1 Å². The molecule has 0 aromatic heterocycles. The second-order valence-corrected chi connectivity index (χ2v) is 5.78. The maximum atomic E-state index is 12.0. The first-order valence-corrected chi connectivity index (χ1v) is 7.49. The van der Waals surface area contributed by atoms with Crippen LogP contribution in [0.2, 0.25) is 0 Å². The lowest BCUT2D eigenvalue weighted by Crippen LogP contribution is -2.21. The van der Waals surface area contributed by atoms with Crippen molar-refractivity contribution in [3.63, 3.8) is 0 Å². The van der Waals surface area contributed by atoms with Crippen LogP contribution >= 0.6 is 15.9 Å². The fourth-order valence-corrected chi connectivity index (χ4v) is 2.83. The molecule has 0 saturated heterocycles. The Morgan fingerprint density at radius 3 is 2.55 bits per heavy atom. The zero-order chi connectivity index (χ0) is 16.1. The van der Waals surface area contributed by atoms with E-state index in [2.05, 4.69) is 21.2 Å². The van der Waals surface area contributed by atoms with E-state index in [4.69, 9.17) is 10.00 Å². The number of benzene rings is 2. The molecule has 2 aromatic rings. The summed E-state index contributed by atoms with van der Waals surface area (Å²) in [5.74, 6) is 0.399. The average molecular weight is 359 g/mol. The number of rotatable bonds is 4. The number of nitriles is 1. The van der Waals surface area contributed by atoms with Gasteiger partial charge in [-0.15, -0.1) is 0 Å². The molecule has 0 radical (unpaired) electrons. The number of ether oxygens (including phenoxy) is 1. The molecule has 2 aromatic carbocycles. The third-order valence-corrected chi connectivity index (χ3v) is 3.55. The van der Waals surface area contributed by atoms with Crippen molar-refractivity contribution in [2.24, 2.45) is 0 Å². The van der Waals surface area contributed by atoms with Crippen LogP contribution < -0.4 is 10.1 Å². The van der Waals surface area contributed by atoms with Crippen LogP contribution in [0.25, 0.3) is 0 Å². The Hall–Kier alpha value is -2.32. The number of carbonyl (C=O) groups is 1. The summed E-state index contributed by atoms with van der Waals surface area (Å²) in [6.07, 6.45) is 0. The lowest BCUT2D eigenvalue weighted by molar-refractivity contribution is -0.118. The van der Waals surface area contributed by atoms with Crippen molar-refractivity contribution >= 4 is 27.5 Å². The lowest BCUT2D eigenvalue weighted by Gasteiger charge is -2.13. The van der Waals surface area contributed by atoms with E-state index in [1.54, 1.807) is 24.3 Å². The Morgan fingerprint density at radius 2 is 1.91 bits per heavy atom. The van der Waals surface area contributed by atoms with E-state index in [-0.39, 0.29) is 12.5 Å². The highest BCUT2D eigenvalue weighted by molar-refractivity contribution is 9.10. The maximum absolute atomic E-state index is 12.0. The van der Waals surface area contributed by atoms with E-state index in [0.29, 0.717) is 17.0 Å². The number of hydrogen-bond donors (Lipinski definition) is 1. The van der Waals surface area contributed by atoms with E-state index in [1.165, 1.54) is 0 Å². The average Bonchev–Trinajstić information content (AvgIpc) is 2.46. The molecule has 0 aliphatic heterocycles. The number of carbonyl (C=O) groups excluding carboxylic acids is 1. The number of para-hydroxylation sites is 1. The van der Waals surface area contributed by atoms with Gasteiger partial charge in [0.05, 0.1) is 11.3 Å². The van der Waals surface area contributed by atoms with E-state index in [0.717, 1.165) is 15.6 Å². The summed E-state index contributed by atoms with van der Waals surface area (Å²) in [5, 5.41) is 11.7. The normalized spacial score (nSPS) is 9.91. The minimum absolute atomic E-state index is 0.108. The third-order valence-electron chi connectivity index (χ3n) is 3.09. The molecule has 0 spiro atoms. The van der Waals surface area contributed by atoms with Crippen LogP contribution in [-0.2, 0) is 4.79 Å². The summed E-state index contributed by atoms with van der Waals surface area (Å²) < 4.78 is 6.59. The quantitative estimate of drug-likeness (QED) is 0.899. The second kappa shape index (κ2) is 7.10. The maximum Gasteiger partial charge on any atom is 0.262 e. The Kier molecular flexibility index (Phi) is 5.18. The summed E-state index contributed by atoms with van der Waals surface area (Å²) in [5.41, 5.74) is 2.82. The van der Waals surface area contributed by atoms with Gasteiger partial charge in [0.15, 0.2) is 6.61 Å². The Balaban J connectivity index is 2.04. The Bertz CT molecular complexity index is 728. The van der Waals surface area contributed by atoms with E-state index in [9.17, 15) is 4.79 Å². The molecular formula is C17H15BrN2O2. The smallest absolute Gasteiger partial charge is 0.262 e. The number of halogens is 1. The molecule has 0 aliphatic rings. The van der Waals surface area contributed by atoms with Gasteiger partial charge in [-0.2, -0.15) is 5.26 Å². The third kappa shape index (κ3) is 3.86. The summed E-state index contributed by atoms with van der Waals surface area (Å²) in [7, 11) is 0. The van der Waals surface area contributed by atoms with Crippen LogP contribution in [0.1, 0.15) is 16.7 Å². The van der Waals surface area contributed by atoms with Crippen molar-refractivity contribution < 1.29 is 9.53 Å². The highest BCUT2D eigenvalue weighted by Crippen LogP contribution is 2.27. The highest BCUT2D eigenvalue weighted by Gasteiger charge is 2.10. The Labute approximate surface area is 137 Å². The van der Waals surface area contributed by atoms with Crippen LogP contribution in [0.5, 0.6) is 5.75 Å². The summed E-state index contributed by atoms with van der Waals surface area (Å²) in [4.78, 5) is 12.0. The highest BCUT2D eigenvalue weighted by atomic mass is 79.9. The molecule has 0 unspecified atom stereocenters. The SMILES string of the molecule is Cc1cc(Br)cc(C)c1OCC(=O)Nc1ccccc1C#N. The number of aryl methyl sites for hydroxylation is 2. The second-order valence-electron chi connectivity index (χ2n) is 4.86. The molecule has 2 rings (SSSR count). The molecule has 5 heteroatoms. The number of hydrogen-bond acceptors (Lipinski definition) is 3. The van der Waals surface area contributed by atoms with Gasteiger partial charge in [-0.05, 0) is 49.2 Å². The molecule has 0 saturated carbocycles. The molecule has 1 N–H and O–H groups in total. The Morgan fingerprint density at radius 1 is 1.27 bits per heavy atom. The van der Waals surface area contributed by atoms with Gasteiger partial charge < -0.3 is 10.1 Å². The molecule has 4 nitrogen and oxygen atoms in total. The van der Waals surface area contributed by atoms with Crippen molar-refractivity contribution in [2.75, 3.05) is 11.9 Å². The molecular weight excluding hydrogens is 344 g/mol. The fraction of sp³-hybridized carbons (Fsp3) is 0.176. The fourth-order valence-electron chi connectivity index (χ4n) is 2.14. The summed E-state index contributed by atoms with van der Waals surface area (Å²) in [6.45, 7) is 3.75. The molecule has 0 heterocycles. The van der Waals surface area contributed by atoms with E-state index < -0.39 is 0 Å². The molecule has 0 atom stereocenters. The minimum Gasteiger partial charge on any atom is -0.483 e. The molecule has 112 valence electrons. The lowest BCUT2D eigenvalue weighted by atomic mass is 10.1. The monoisotopic (exact) mass is 358 g/mol. The van der Waals surface area contributed by atoms with Crippen LogP contribution in [0.4, 0.5) is 5.69 Å². The van der Waals surface area contributed by atoms with Gasteiger partial charge in [0.25, 0.3) is 5.91 Å². The molecule has 1 amide bonds. The van der Waals surface area contributed by atoms with Gasteiger partial charge in [0.1, 0.15) is 11.8 Å². The van der Waals surface area contributed by atoms with Gasteiger partial charge in [-0.1, -0.05) is 28.1 Å². The molecule has 0 fully saturated rings. The molecule has 0 bridgehead atoms. The summed E-state index contributed by atoms with van der Waals surface area (Å²) >= 11 is 3.42.